The van der Waals surface area contributed by atoms with Gasteiger partial charge < -0.3 is 14.8 Å². The molecule has 0 bridgehead atoms. The molecule has 1 aromatic heterocycles. The Kier molecular flexibility index (Phi) is 3.94. The second-order valence-electron chi connectivity index (χ2n) is 4.29. The smallest absolute Gasteiger partial charge is 0.121 e. The van der Waals surface area contributed by atoms with Gasteiger partial charge in [0.25, 0.3) is 0 Å². The standard InChI is InChI=1S/C14H16ClNO2/c1-9-6-7-14(18-9)10(2)16-8-11-12(15)4-3-5-13(11)17/h3-7,10,16-17H,8H2,1-2H3. The van der Waals surface area contributed by atoms with Crippen LogP contribution in [0.1, 0.15) is 30.0 Å². The number of aryl methyl sites for hydroxylation is 1. The van der Waals surface area contributed by atoms with Crippen LogP contribution in [-0.4, -0.2) is 5.11 Å². The van der Waals surface area contributed by atoms with Gasteiger partial charge in [-0.05, 0) is 38.1 Å². The lowest BCUT2D eigenvalue weighted by molar-refractivity contribution is 0.410. The molecule has 0 aliphatic heterocycles. The molecule has 0 spiro atoms. The fraction of sp³-hybridized carbons (Fsp3) is 0.286. The molecule has 96 valence electrons. The van der Waals surface area contributed by atoms with Crippen LogP contribution in [0.3, 0.4) is 0 Å². The van der Waals surface area contributed by atoms with E-state index in [4.69, 9.17) is 16.0 Å². The Morgan fingerprint density at radius 3 is 2.72 bits per heavy atom. The van der Waals surface area contributed by atoms with Crippen LogP contribution in [0.25, 0.3) is 0 Å². The third-order valence-corrected chi connectivity index (χ3v) is 3.22. The zero-order valence-corrected chi connectivity index (χ0v) is 11.2. The van der Waals surface area contributed by atoms with E-state index < -0.39 is 0 Å². The van der Waals surface area contributed by atoms with E-state index in [1.807, 2.05) is 26.0 Å². The van der Waals surface area contributed by atoms with Crippen molar-refractivity contribution >= 4 is 11.6 Å². The number of benzene rings is 1. The number of hydrogen-bond donors (Lipinski definition) is 2. The van der Waals surface area contributed by atoms with Crippen molar-refractivity contribution in [2.75, 3.05) is 0 Å². The minimum absolute atomic E-state index is 0.0642. The zero-order valence-electron chi connectivity index (χ0n) is 10.4. The SMILES string of the molecule is Cc1ccc(C(C)NCc2c(O)cccc2Cl)o1. The summed E-state index contributed by atoms with van der Waals surface area (Å²) >= 11 is 6.04. The van der Waals surface area contributed by atoms with Crippen molar-refractivity contribution in [3.63, 3.8) is 0 Å². The number of hydrogen-bond acceptors (Lipinski definition) is 3. The first-order chi connectivity index (χ1) is 8.58. The number of phenolic OH excluding ortho intramolecular Hbond substituents is 1. The first kappa shape index (κ1) is 13.0. The monoisotopic (exact) mass is 265 g/mol. The molecule has 4 heteroatoms. The fourth-order valence-electron chi connectivity index (χ4n) is 1.76. The number of furan rings is 1. The van der Waals surface area contributed by atoms with Crippen LogP contribution < -0.4 is 5.32 Å². The Morgan fingerprint density at radius 2 is 2.11 bits per heavy atom. The van der Waals surface area contributed by atoms with Gasteiger partial charge in [0, 0.05) is 17.1 Å². The summed E-state index contributed by atoms with van der Waals surface area (Å²) in [6.07, 6.45) is 0. The molecule has 0 fully saturated rings. The Balaban J connectivity index is 2.03. The highest BCUT2D eigenvalue weighted by atomic mass is 35.5. The largest absolute Gasteiger partial charge is 0.508 e. The lowest BCUT2D eigenvalue weighted by atomic mass is 10.1. The van der Waals surface area contributed by atoms with E-state index in [1.54, 1.807) is 18.2 Å². The van der Waals surface area contributed by atoms with Gasteiger partial charge in [-0.25, -0.2) is 0 Å². The topological polar surface area (TPSA) is 45.4 Å². The van der Waals surface area contributed by atoms with Gasteiger partial charge in [-0.1, -0.05) is 17.7 Å². The number of phenols is 1. The quantitative estimate of drug-likeness (QED) is 0.884. The number of aromatic hydroxyl groups is 1. The van der Waals surface area contributed by atoms with Crippen LogP contribution in [0.5, 0.6) is 5.75 Å². The molecule has 3 nitrogen and oxygen atoms in total. The van der Waals surface area contributed by atoms with Crippen molar-refractivity contribution in [1.29, 1.82) is 0 Å². The average molecular weight is 266 g/mol. The van der Waals surface area contributed by atoms with Crippen LogP contribution >= 0.6 is 11.6 Å². The maximum absolute atomic E-state index is 9.73. The highest BCUT2D eigenvalue weighted by Crippen LogP contribution is 2.26. The molecule has 2 N–H and O–H groups in total. The minimum Gasteiger partial charge on any atom is -0.508 e. The molecule has 0 saturated carbocycles. The Hall–Kier alpha value is -1.45. The van der Waals surface area contributed by atoms with Gasteiger partial charge in [0.05, 0.1) is 6.04 Å². The summed E-state index contributed by atoms with van der Waals surface area (Å²) in [6, 6.07) is 9.06. The number of nitrogens with one attached hydrogen (secondary N) is 1. The van der Waals surface area contributed by atoms with Crippen molar-refractivity contribution in [2.45, 2.75) is 26.4 Å². The molecule has 0 aliphatic rings. The van der Waals surface area contributed by atoms with E-state index in [9.17, 15) is 5.11 Å². The van der Waals surface area contributed by atoms with Crippen molar-refractivity contribution in [3.05, 3.63) is 52.4 Å². The van der Waals surface area contributed by atoms with E-state index in [-0.39, 0.29) is 11.8 Å². The minimum atomic E-state index is 0.0642. The molecule has 1 heterocycles. The van der Waals surface area contributed by atoms with Crippen LogP contribution in [0, 0.1) is 6.92 Å². The van der Waals surface area contributed by atoms with Gasteiger partial charge >= 0.3 is 0 Å². The van der Waals surface area contributed by atoms with Crippen molar-refractivity contribution in [1.82, 2.24) is 5.32 Å². The number of rotatable bonds is 4. The molecule has 1 aromatic carbocycles. The van der Waals surface area contributed by atoms with Gasteiger partial charge in [-0.3, -0.25) is 0 Å². The fourth-order valence-corrected chi connectivity index (χ4v) is 2.00. The molecule has 0 radical (unpaired) electrons. The second kappa shape index (κ2) is 5.46. The second-order valence-corrected chi connectivity index (χ2v) is 4.70. The average Bonchev–Trinajstić information content (AvgIpc) is 2.75. The van der Waals surface area contributed by atoms with Gasteiger partial charge in [0.15, 0.2) is 0 Å². The van der Waals surface area contributed by atoms with Crippen molar-refractivity contribution < 1.29 is 9.52 Å². The van der Waals surface area contributed by atoms with E-state index in [0.29, 0.717) is 17.1 Å². The van der Waals surface area contributed by atoms with E-state index in [1.165, 1.54) is 0 Å². The van der Waals surface area contributed by atoms with E-state index >= 15 is 0 Å². The molecule has 0 saturated heterocycles. The maximum Gasteiger partial charge on any atom is 0.121 e. The summed E-state index contributed by atoms with van der Waals surface area (Å²) in [7, 11) is 0. The zero-order chi connectivity index (χ0) is 13.1. The normalized spacial score (nSPS) is 12.6. The van der Waals surface area contributed by atoms with Gasteiger partial charge in [0.1, 0.15) is 17.3 Å². The molecule has 2 rings (SSSR count). The first-order valence-corrected chi connectivity index (χ1v) is 6.22. The summed E-state index contributed by atoms with van der Waals surface area (Å²) in [6.45, 7) is 4.41. The molecule has 0 amide bonds. The maximum atomic E-state index is 9.73. The summed E-state index contributed by atoms with van der Waals surface area (Å²) in [5, 5.41) is 13.6. The Morgan fingerprint density at radius 1 is 1.33 bits per heavy atom. The lowest BCUT2D eigenvalue weighted by Crippen LogP contribution is -2.17. The van der Waals surface area contributed by atoms with E-state index in [2.05, 4.69) is 5.32 Å². The molecule has 1 unspecified atom stereocenters. The Labute approximate surface area is 111 Å². The molecular weight excluding hydrogens is 250 g/mol. The molecule has 18 heavy (non-hydrogen) atoms. The molecule has 0 aliphatic carbocycles. The van der Waals surface area contributed by atoms with Crippen LogP contribution in [0.4, 0.5) is 0 Å². The summed E-state index contributed by atoms with van der Waals surface area (Å²) in [5.74, 6) is 1.97. The van der Waals surface area contributed by atoms with Crippen LogP contribution in [0.15, 0.2) is 34.7 Å². The van der Waals surface area contributed by atoms with Crippen LogP contribution in [0.2, 0.25) is 5.02 Å². The van der Waals surface area contributed by atoms with Crippen LogP contribution in [-0.2, 0) is 6.54 Å². The highest BCUT2D eigenvalue weighted by molar-refractivity contribution is 6.31. The Bertz CT molecular complexity index is 516. The predicted octanol–water partition coefficient (Wildman–Crippen LogP) is 3.80. The van der Waals surface area contributed by atoms with Gasteiger partial charge in [0.2, 0.25) is 0 Å². The summed E-state index contributed by atoms with van der Waals surface area (Å²) in [5.41, 5.74) is 0.703. The summed E-state index contributed by atoms with van der Waals surface area (Å²) in [4.78, 5) is 0. The van der Waals surface area contributed by atoms with Crippen molar-refractivity contribution in [3.8, 4) is 5.75 Å². The van der Waals surface area contributed by atoms with E-state index in [0.717, 1.165) is 11.5 Å². The van der Waals surface area contributed by atoms with Gasteiger partial charge in [-0.2, -0.15) is 0 Å². The van der Waals surface area contributed by atoms with Gasteiger partial charge in [-0.15, -0.1) is 0 Å². The number of halogens is 1. The van der Waals surface area contributed by atoms with Crippen molar-refractivity contribution in [2.24, 2.45) is 0 Å². The first-order valence-electron chi connectivity index (χ1n) is 5.84. The highest BCUT2D eigenvalue weighted by Gasteiger charge is 2.11. The predicted molar refractivity (Wildman–Crippen MR) is 71.8 cm³/mol. The third-order valence-electron chi connectivity index (χ3n) is 2.87. The molecule has 2 aromatic rings. The molecular formula is C14H16ClNO2. The third kappa shape index (κ3) is 2.86. The summed E-state index contributed by atoms with van der Waals surface area (Å²) < 4.78 is 5.54. The molecule has 1 atom stereocenters. The lowest BCUT2D eigenvalue weighted by Gasteiger charge is -2.13.